The van der Waals surface area contributed by atoms with E-state index in [1.807, 2.05) is 12.1 Å². The van der Waals surface area contributed by atoms with E-state index in [0.29, 0.717) is 45.0 Å². The Balaban J connectivity index is 0.000000198. The lowest BCUT2D eigenvalue weighted by Gasteiger charge is -2.12. The van der Waals surface area contributed by atoms with E-state index in [1.54, 1.807) is 54.6 Å². The van der Waals surface area contributed by atoms with Crippen LogP contribution in [0.1, 0.15) is 0 Å². The van der Waals surface area contributed by atoms with Gasteiger partial charge in [0.1, 0.15) is 12.7 Å². The molecule has 51 heavy (non-hydrogen) atoms. The molecule has 10 nitrogen and oxygen atoms in total. The van der Waals surface area contributed by atoms with Gasteiger partial charge < -0.3 is 28.4 Å². The van der Waals surface area contributed by atoms with Crippen LogP contribution in [0.15, 0.2) is 85.5 Å². The average molecular weight is 715 g/mol. The van der Waals surface area contributed by atoms with Crippen LogP contribution in [0.25, 0.3) is 44.1 Å². The van der Waals surface area contributed by atoms with Gasteiger partial charge in [0, 0.05) is 0 Å². The number of aromatic nitrogens is 4. The van der Waals surface area contributed by atoms with Crippen molar-refractivity contribution < 1.29 is 54.8 Å². The molecule has 16 heteroatoms. The largest absolute Gasteiger partial charge is 0.574 e. The Bertz CT molecular complexity index is 2150. The molecule has 0 saturated carbocycles. The lowest BCUT2D eigenvalue weighted by molar-refractivity contribution is -0.275. The summed E-state index contributed by atoms with van der Waals surface area (Å²) in [5.41, 5.74) is 3.79. The molecule has 0 amide bonds. The van der Waals surface area contributed by atoms with Gasteiger partial charge in [0.05, 0.1) is 50.2 Å². The van der Waals surface area contributed by atoms with Crippen LogP contribution in [0.4, 0.5) is 26.3 Å². The zero-order valence-corrected chi connectivity index (χ0v) is 27.3. The highest BCUT2D eigenvalue weighted by Gasteiger charge is 2.33. The van der Waals surface area contributed by atoms with E-state index in [-0.39, 0.29) is 11.3 Å². The molecule has 0 atom stereocenters. The van der Waals surface area contributed by atoms with Crippen molar-refractivity contribution >= 4 is 21.8 Å². The van der Waals surface area contributed by atoms with Crippen molar-refractivity contribution in [2.24, 2.45) is 0 Å². The van der Waals surface area contributed by atoms with Crippen molar-refractivity contribution in [2.45, 2.75) is 12.5 Å². The fourth-order valence-electron chi connectivity index (χ4n) is 4.91. The van der Waals surface area contributed by atoms with Gasteiger partial charge >= 0.3 is 12.5 Å². The van der Waals surface area contributed by atoms with Gasteiger partial charge in [-0.15, -0.1) is 13.2 Å². The van der Waals surface area contributed by atoms with Gasteiger partial charge in [-0.2, -0.15) is 13.2 Å². The molecular weight excluding hydrogens is 686 g/mol. The Morgan fingerprint density at radius 2 is 0.902 bits per heavy atom. The Morgan fingerprint density at radius 3 is 1.33 bits per heavy atom. The SMILES string of the molecule is COc1ccc(-c2ccc3ncnc(OC(F)(F)F)c3c2)cc1OC.COc1ccc(-c2ccc3ncnc(OCC(F)(F)F)c3c2)cc1OC. The third-order valence-electron chi connectivity index (χ3n) is 7.22. The summed E-state index contributed by atoms with van der Waals surface area (Å²) in [5.74, 6) is 1.53. The highest BCUT2D eigenvalue weighted by molar-refractivity contribution is 5.89. The standard InChI is InChI=1S/C18H15F3N2O3.C17H13F3N2O3/c1-24-15-6-4-12(8-16(15)25-2)11-3-5-14-13(7-11)17(23-10-22-14)26-9-18(19,20)21;1-23-14-6-4-11(8-15(14)24-2)10-3-5-13-12(7-10)16(22-9-21-13)25-17(18,19)20/h3-8,10H,9H2,1-2H3;3-9H,1-2H3. The molecule has 0 saturated heterocycles. The summed E-state index contributed by atoms with van der Waals surface area (Å²) in [6, 6.07) is 20.6. The van der Waals surface area contributed by atoms with Gasteiger partial charge in [0.2, 0.25) is 11.8 Å². The first-order valence-corrected chi connectivity index (χ1v) is 14.7. The molecule has 266 valence electrons. The third-order valence-corrected chi connectivity index (χ3v) is 7.22. The van der Waals surface area contributed by atoms with Crippen LogP contribution in [0.5, 0.6) is 34.8 Å². The molecule has 6 rings (SSSR count). The summed E-state index contributed by atoms with van der Waals surface area (Å²) in [4.78, 5) is 15.4. The number of ether oxygens (including phenoxy) is 6. The Labute approximate surface area is 286 Å². The number of hydrogen-bond acceptors (Lipinski definition) is 10. The van der Waals surface area contributed by atoms with Gasteiger partial charge in [-0.05, 0) is 70.8 Å². The van der Waals surface area contributed by atoms with E-state index in [2.05, 4.69) is 24.7 Å². The summed E-state index contributed by atoms with van der Waals surface area (Å²) in [6.45, 7) is -1.42. The summed E-state index contributed by atoms with van der Waals surface area (Å²) >= 11 is 0. The number of hydrogen-bond donors (Lipinski definition) is 0. The molecular formula is C35H28F6N4O6. The van der Waals surface area contributed by atoms with Crippen LogP contribution in [-0.4, -0.2) is 67.5 Å². The van der Waals surface area contributed by atoms with Crippen molar-refractivity contribution in [3.8, 4) is 57.0 Å². The number of rotatable bonds is 9. The third kappa shape index (κ3) is 8.95. The molecule has 2 aromatic heterocycles. The minimum Gasteiger partial charge on any atom is -0.493 e. The Kier molecular flexibility index (Phi) is 10.8. The van der Waals surface area contributed by atoms with Gasteiger partial charge in [-0.25, -0.2) is 19.9 Å². The lowest BCUT2D eigenvalue weighted by Crippen LogP contribution is -2.19. The van der Waals surface area contributed by atoms with Gasteiger partial charge in [-0.3, -0.25) is 0 Å². The van der Waals surface area contributed by atoms with Gasteiger partial charge in [-0.1, -0.05) is 24.3 Å². The van der Waals surface area contributed by atoms with Crippen molar-refractivity contribution in [1.82, 2.24) is 19.9 Å². The van der Waals surface area contributed by atoms with Crippen LogP contribution < -0.4 is 28.4 Å². The predicted octanol–water partition coefficient (Wildman–Crippen LogP) is 8.47. The zero-order valence-electron chi connectivity index (χ0n) is 27.3. The fourth-order valence-corrected chi connectivity index (χ4v) is 4.91. The smallest absolute Gasteiger partial charge is 0.493 e. The maximum atomic E-state index is 12.6. The number of benzene rings is 4. The molecule has 0 radical (unpaired) electrons. The molecule has 0 N–H and O–H groups in total. The molecule has 0 unspecified atom stereocenters. The van der Waals surface area contributed by atoms with Crippen molar-refractivity contribution in [3.05, 3.63) is 85.5 Å². The van der Waals surface area contributed by atoms with Crippen LogP contribution in [0.2, 0.25) is 0 Å². The van der Waals surface area contributed by atoms with Gasteiger partial charge in [0.15, 0.2) is 29.6 Å². The van der Waals surface area contributed by atoms with E-state index in [9.17, 15) is 26.3 Å². The second-order valence-corrected chi connectivity index (χ2v) is 10.4. The summed E-state index contributed by atoms with van der Waals surface area (Å²) in [6.07, 6.45) is -7.08. The molecule has 4 aromatic carbocycles. The fraction of sp³-hybridized carbons (Fsp3) is 0.200. The normalized spacial score (nSPS) is 11.4. The quantitative estimate of drug-likeness (QED) is 0.135. The molecule has 2 heterocycles. The monoisotopic (exact) mass is 714 g/mol. The molecule has 0 aliphatic heterocycles. The van der Waals surface area contributed by atoms with E-state index in [1.165, 1.54) is 40.8 Å². The van der Waals surface area contributed by atoms with Gasteiger partial charge in [0.25, 0.3) is 0 Å². The number of alkyl halides is 6. The molecule has 0 aliphatic rings. The highest BCUT2D eigenvalue weighted by Crippen LogP contribution is 2.36. The zero-order chi connectivity index (χ0) is 36.8. The maximum absolute atomic E-state index is 12.6. The summed E-state index contributed by atoms with van der Waals surface area (Å²) < 4.78 is 105. The number of fused-ring (bicyclic) bond motifs is 2. The minimum absolute atomic E-state index is 0.116. The van der Waals surface area contributed by atoms with E-state index < -0.39 is 25.0 Å². The summed E-state index contributed by atoms with van der Waals surface area (Å²) in [5, 5.41) is 0.552. The molecule has 0 fully saturated rings. The van der Waals surface area contributed by atoms with Crippen LogP contribution in [0, 0.1) is 0 Å². The number of nitrogens with zero attached hydrogens (tertiary/aromatic N) is 4. The average Bonchev–Trinajstić information content (AvgIpc) is 3.12. The Morgan fingerprint density at radius 1 is 0.490 bits per heavy atom. The first-order chi connectivity index (χ1) is 24.3. The second-order valence-electron chi connectivity index (χ2n) is 10.4. The van der Waals surface area contributed by atoms with Crippen molar-refractivity contribution in [1.29, 1.82) is 0 Å². The number of methoxy groups -OCH3 is 4. The predicted molar refractivity (Wildman–Crippen MR) is 174 cm³/mol. The topological polar surface area (TPSA) is 107 Å². The van der Waals surface area contributed by atoms with Crippen LogP contribution in [0.3, 0.4) is 0 Å². The van der Waals surface area contributed by atoms with Crippen molar-refractivity contribution in [3.63, 3.8) is 0 Å². The molecule has 6 aromatic rings. The van der Waals surface area contributed by atoms with E-state index in [0.717, 1.165) is 23.0 Å². The molecule has 0 bridgehead atoms. The molecule has 0 spiro atoms. The summed E-state index contributed by atoms with van der Waals surface area (Å²) in [7, 11) is 6.09. The number of halogens is 6. The molecule has 0 aliphatic carbocycles. The van der Waals surface area contributed by atoms with Crippen LogP contribution in [-0.2, 0) is 0 Å². The first-order valence-electron chi connectivity index (χ1n) is 14.7. The second kappa shape index (κ2) is 15.2. The highest BCUT2D eigenvalue weighted by atomic mass is 19.4. The minimum atomic E-state index is -4.83. The van der Waals surface area contributed by atoms with Crippen molar-refractivity contribution in [2.75, 3.05) is 35.0 Å². The lowest BCUT2D eigenvalue weighted by atomic mass is 10.0. The maximum Gasteiger partial charge on any atom is 0.574 e. The van der Waals surface area contributed by atoms with E-state index >= 15 is 0 Å². The first kappa shape index (κ1) is 36.2. The Hall–Kier alpha value is -6.06. The van der Waals surface area contributed by atoms with E-state index in [4.69, 9.17) is 23.7 Å². The van der Waals surface area contributed by atoms with Crippen LogP contribution >= 0.6 is 0 Å².